The minimum absolute atomic E-state index is 0.0423. The zero-order valence-electron chi connectivity index (χ0n) is 19.2. The Labute approximate surface area is 185 Å². The third kappa shape index (κ3) is 8.73. The predicted octanol–water partition coefficient (Wildman–Crippen LogP) is 2.44. The summed E-state index contributed by atoms with van der Waals surface area (Å²) >= 11 is 0. The molecule has 4 N–H and O–H groups in total. The van der Waals surface area contributed by atoms with Crippen LogP contribution in [0.4, 0.5) is 0 Å². The maximum atomic E-state index is 13.1. The molecule has 0 unspecified atom stereocenters. The fraction of sp³-hybridized carbons (Fsp3) is 0.696. The van der Waals surface area contributed by atoms with Gasteiger partial charge in [-0.3, -0.25) is 15.0 Å². The molecule has 1 aliphatic carbocycles. The number of carbonyl (C=O) groups is 2. The smallest absolute Gasteiger partial charge is 0.251 e. The number of ether oxygens (including phenoxy) is 1. The van der Waals surface area contributed by atoms with Gasteiger partial charge in [-0.1, -0.05) is 32.1 Å². The average molecular weight is 435 g/mol. The fourth-order valence-electron chi connectivity index (χ4n) is 3.97. The van der Waals surface area contributed by atoms with Crippen LogP contribution >= 0.6 is 0 Å². The topological polar surface area (TPSA) is 115 Å². The first-order valence-electron chi connectivity index (χ1n) is 11.2. The van der Waals surface area contributed by atoms with E-state index in [1.807, 2.05) is 13.8 Å². The molecule has 1 fully saturated rings. The molecule has 1 aliphatic heterocycles. The van der Waals surface area contributed by atoms with E-state index in [-0.39, 0.29) is 30.3 Å². The summed E-state index contributed by atoms with van der Waals surface area (Å²) in [4.78, 5) is 27.3. The van der Waals surface area contributed by atoms with Gasteiger partial charge in [0.15, 0.2) is 0 Å². The van der Waals surface area contributed by atoms with Crippen molar-refractivity contribution in [1.82, 2.24) is 15.5 Å². The molecule has 0 bridgehead atoms. The highest BCUT2D eigenvalue weighted by molar-refractivity contribution is 6.05. The molecule has 2 rings (SSSR count). The summed E-state index contributed by atoms with van der Waals surface area (Å²) in [5, 5.41) is 23.3. The second-order valence-electron chi connectivity index (χ2n) is 9.43. The van der Waals surface area contributed by atoms with Gasteiger partial charge in [0.25, 0.3) is 5.91 Å². The van der Waals surface area contributed by atoms with E-state index >= 15 is 0 Å². The molecule has 1 atom stereocenters. The first kappa shape index (κ1) is 24.9. The van der Waals surface area contributed by atoms with Gasteiger partial charge in [-0.25, -0.2) is 0 Å². The van der Waals surface area contributed by atoms with Gasteiger partial charge in [-0.15, -0.1) is 0 Å². The van der Waals surface area contributed by atoms with Crippen molar-refractivity contribution in [3.05, 3.63) is 24.1 Å². The lowest BCUT2D eigenvalue weighted by atomic mass is 9.84. The Balaban J connectivity index is 2.02. The molecule has 0 aromatic heterocycles. The van der Waals surface area contributed by atoms with Crippen molar-refractivity contribution in [3.8, 4) is 0 Å². The van der Waals surface area contributed by atoms with Crippen molar-refractivity contribution in [2.24, 2.45) is 5.92 Å². The highest BCUT2D eigenvalue weighted by Crippen LogP contribution is 2.30. The molecule has 0 radical (unpaired) electrons. The summed E-state index contributed by atoms with van der Waals surface area (Å²) in [5.74, 6) is 0.328. The van der Waals surface area contributed by atoms with Crippen LogP contribution < -0.4 is 10.6 Å². The fourth-order valence-corrected chi connectivity index (χ4v) is 3.97. The lowest BCUT2D eigenvalue weighted by molar-refractivity contribution is -0.136. The molecule has 1 heterocycles. The Hall–Kier alpha value is -2.35. The molecule has 174 valence electrons. The Morgan fingerprint density at radius 3 is 2.65 bits per heavy atom. The number of hydrogen-bond acceptors (Lipinski definition) is 6. The minimum atomic E-state index is -0.875. The van der Waals surface area contributed by atoms with Crippen molar-refractivity contribution in [2.75, 3.05) is 13.1 Å². The lowest BCUT2D eigenvalue weighted by Crippen LogP contribution is -2.50. The molecular formula is C23H38N4O4. The van der Waals surface area contributed by atoms with E-state index in [1.165, 1.54) is 24.8 Å². The number of amides is 2. The SMILES string of the molecule is CC(C)OC1=CC(=O)N([C@@H](CC2CCCCC2)C(=O)NC(=N)/C=C\NCC(C)(C)O)C1. The summed E-state index contributed by atoms with van der Waals surface area (Å²) in [6.45, 7) is 7.75. The van der Waals surface area contributed by atoms with Crippen molar-refractivity contribution in [1.29, 1.82) is 5.41 Å². The van der Waals surface area contributed by atoms with Crippen molar-refractivity contribution in [2.45, 2.75) is 84.0 Å². The molecule has 0 aromatic rings. The zero-order chi connectivity index (χ0) is 23.0. The van der Waals surface area contributed by atoms with E-state index in [1.54, 1.807) is 18.7 Å². The number of nitrogens with one attached hydrogen (secondary N) is 3. The Morgan fingerprint density at radius 1 is 1.35 bits per heavy atom. The molecule has 8 nitrogen and oxygen atoms in total. The average Bonchev–Trinajstić information content (AvgIpc) is 3.02. The number of nitrogens with zero attached hydrogens (tertiary/aromatic N) is 1. The summed E-state index contributed by atoms with van der Waals surface area (Å²) in [5.41, 5.74) is -0.875. The van der Waals surface area contributed by atoms with E-state index < -0.39 is 11.6 Å². The Bertz CT molecular complexity index is 703. The van der Waals surface area contributed by atoms with E-state index in [0.29, 0.717) is 24.6 Å². The number of rotatable bonds is 10. The van der Waals surface area contributed by atoms with Gasteiger partial charge in [0.05, 0.1) is 18.2 Å². The molecule has 31 heavy (non-hydrogen) atoms. The molecule has 2 aliphatic rings. The highest BCUT2D eigenvalue weighted by Gasteiger charge is 2.36. The van der Waals surface area contributed by atoms with E-state index in [9.17, 15) is 14.7 Å². The maximum absolute atomic E-state index is 13.1. The summed E-state index contributed by atoms with van der Waals surface area (Å²) < 4.78 is 5.69. The molecule has 0 spiro atoms. The second kappa shape index (κ2) is 11.3. The normalized spacial score (nSPS) is 19.0. The molecule has 0 aromatic carbocycles. The van der Waals surface area contributed by atoms with Crippen LogP contribution in [-0.4, -0.2) is 58.5 Å². The Kier molecular flexibility index (Phi) is 9.10. The first-order chi connectivity index (χ1) is 14.5. The highest BCUT2D eigenvalue weighted by atomic mass is 16.5. The van der Waals surface area contributed by atoms with Crippen LogP contribution in [0.3, 0.4) is 0 Å². The number of aliphatic hydroxyl groups is 1. The van der Waals surface area contributed by atoms with Crippen molar-refractivity contribution < 1.29 is 19.4 Å². The zero-order valence-corrected chi connectivity index (χ0v) is 19.2. The van der Waals surface area contributed by atoms with Crippen LogP contribution in [0.2, 0.25) is 0 Å². The molecule has 2 amide bonds. The second-order valence-corrected chi connectivity index (χ2v) is 9.43. The summed E-state index contributed by atoms with van der Waals surface area (Å²) in [6.07, 6.45) is 10.6. The van der Waals surface area contributed by atoms with Gasteiger partial charge in [0, 0.05) is 18.8 Å². The van der Waals surface area contributed by atoms with Crippen LogP contribution in [0.1, 0.15) is 66.2 Å². The van der Waals surface area contributed by atoms with Crippen LogP contribution in [0, 0.1) is 11.3 Å². The van der Waals surface area contributed by atoms with Crippen LogP contribution in [0.25, 0.3) is 0 Å². The van der Waals surface area contributed by atoms with Crippen LogP contribution in [-0.2, 0) is 14.3 Å². The lowest BCUT2D eigenvalue weighted by Gasteiger charge is -2.31. The van der Waals surface area contributed by atoms with E-state index in [0.717, 1.165) is 25.7 Å². The van der Waals surface area contributed by atoms with Crippen molar-refractivity contribution >= 4 is 17.6 Å². The van der Waals surface area contributed by atoms with Gasteiger partial charge in [0.2, 0.25) is 5.91 Å². The molecule has 1 saturated carbocycles. The number of hydrogen-bond donors (Lipinski definition) is 4. The quantitative estimate of drug-likeness (QED) is 0.311. The van der Waals surface area contributed by atoms with Gasteiger partial charge < -0.3 is 25.4 Å². The van der Waals surface area contributed by atoms with Gasteiger partial charge in [-0.05, 0) is 46.1 Å². The predicted molar refractivity (Wildman–Crippen MR) is 120 cm³/mol. The van der Waals surface area contributed by atoms with E-state index in [4.69, 9.17) is 10.1 Å². The van der Waals surface area contributed by atoms with Gasteiger partial charge in [-0.2, -0.15) is 0 Å². The third-order valence-corrected chi connectivity index (χ3v) is 5.40. The number of carbonyl (C=O) groups excluding carboxylic acids is 2. The molecule has 0 saturated heterocycles. The monoisotopic (exact) mass is 434 g/mol. The Morgan fingerprint density at radius 2 is 2.03 bits per heavy atom. The van der Waals surface area contributed by atoms with Crippen LogP contribution in [0.5, 0.6) is 0 Å². The van der Waals surface area contributed by atoms with Crippen molar-refractivity contribution in [3.63, 3.8) is 0 Å². The van der Waals surface area contributed by atoms with E-state index in [2.05, 4.69) is 10.6 Å². The largest absolute Gasteiger partial charge is 0.493 e. The van der Waals surface area contributed by atoms with Gasteiger partial charge in [0.1, 0.15) is 17.6 Å². The number of amidine groups is 1. The maximum Gasteiger partial charge on any atom is 0.251 e. The van der Waals surface area contributed by atoms with Gasteiger partial charge >= 0.3 is 0 Å². The standard InChI is InChI=1S/C23H38N4O4/c1-16(2)31-18-13-21(28)27(14-18)19(12-17-8-6-5-7-9-17)22(29)26-20(24)10-11-25-15-23(3,4)30/h10-11,13,16-17,19,25,30H,5-9,12,14-15H2,1-4H3,(H2,24,26,29)/b11-10-/t19-/m0/s1. The minimum Gasteiger partial charge on any atom is -0.493 e. The summed E-state index contributed by atoms with van der Waals surface area (Å²) in [6, 6.07) is -0.641. The molecule has 8 heteroatoms. The summed E-state index contributed by atoms with van der Waals surface area (Å²) in [7, 11) is 0. The van der Waals surface area contributed by atoms with Crippen LogP contribution in [0.15, 0.2) is 24.1 Å². The third-order valence-electron chi connectivity index (χ3n) is 5.40. The molecular weight excluding hydrogens is 396 g/mol. The first-order valence-corrected chi connectivity index (χ1v) is 11.2.